The van der Waals surface area contributed by atoms with Crippen LogP contribution in [-0.4, -0.2) is 58.3 Å². The summed E-state index contributed by atoms with van der Waals surface area (Å²) in [6.45, 7) is 5.60. The van der Waals surface area contributed by atoms with Gasteiger partial charge in [0.2, 0.25) is 5.91 Å². The maximum absolute atomic E-state index is 12.2. The van der Waals surface area contributed by atoms with Crippen LogP contribution < -0.4 is 10.6 Å². The molecule has 11 heteroatoms. The van der Waals surface area contributed by atoms with Gasteiger partial charge in [-0.3, -0.25) is 8.98 Å². The molecule has 0 fully saturated rings. The first-order valence-electron chi connectivity index (χ1n) is 8.64. The van der Waals surface area contributed by atoms with Gasteiger partial charge in [0.05, 0.1) is 18.6 Å². The Kier molecular flexibility index (Phi) is 8.59. The summed E-state index contributed by atoms with van der Waals surface area (Å²) in [6, 6.07) is 4.52. The number of carbonyl (C=O) groups excluding carboxylic acids is 3. The van der Waals surface area contributed by atoms with Crippen molar-refractivity contribution in [2.45, 2.75) is 44.2 Å². The molecule has 2 amide bonds. The van der Waals surface area contributed by atoms with E-state index in [0.29, 0.717) is 0 Å². The summed E-state index contributed by atoms with van der Waals surface area (Å²) >= 11 is 0. The van der Waals surface area contributed by atoms with Gasteiger partial charge in [-0.1, -0.05) is 17.7 Å². The molecular formula is C18H26N2O8S. The Morgan fingerprint density at radius 2 is 1.69 bits per heavy atom. The van der Waals surface area contributed by atoms with Crippen molar-refractivity contribution in [1.29, 1.82) is 0 Å². The first-order valence-corrected chi connectivity index (χ1v) is 10.0. The number of alkyl carbamates (subject to hydrolysis) is 1. The number of amides is 2. The van der Waals surface area contributed by atoms with Crippen LogP contribution in [0.1, 0.15) is 26.3 Å². The molecule has 10 nitrogen and oxygen atoms in total. The molecule has 0 radical (unpaired) electrons. The monoisotopic (exact) mass is 430 g/mol. The summed E-state index contributed by atoms with van der Waals surface area (Å²) in [5.41, 5.74) is 0.119. The Morgan fingerprint density at radius 3 is 2.21 bits per heavy atom. The van der Waals surface area contributed by atoms with Gasteiger partial charge < -0.3 is 20.1 Å². The minimum Gasteiger partial charge on any atom is -0.467 e. The molecule has 0 saturated heterocycles. The van der Waals surface area contributed by atoms with Crippen LogP contribution in [0.3, 0.4) is 0 Å². The first kappa shape index (κ1) is 24.4. The quantitative estimate of drug-likeness (QED) is 0.458. The Hall–Kier alpha value is -2.66. The van der Waals surface area contributed by atoms with E-state index in [-0.39, 0.29) is 4.90 Å². The highest BCUT2D eigenvalue weighted by Gasteiger charge is 2.26. The fourth-order valence-corrected chi connectivity index (χ4v) is 2.87. The minimum absolute atomic E-state index is 0.0929. The number of benzene rings is 1. The average Bonchev–Trinajstić information content (AvgIpc) is 2.61. The molecule has 1 aromatic carbocycles. The zero-order chi connectivity index (χ0) is 22.2. The van der Waals surface area contributed by atoms with Gasteiger partial charge in [0.25, 0.3) is 10.1 Å². The number of esters is 1. The van der Waals surface area contributed by atoms with Crippen molar-refractivity contribution >= 4 is 28.1 Å². The Labute approximate surface area is 170 Å². The lowest BCUT2D eigenvalue weighted by atomic mass is 10.2. The van der Waals surface area contributed by atoms with Crippen molar-refractivity contribution in [3.63, 3.8) is 0 Å². The number of aryl methyl sites for hydroxylation is 1. The largest absolute Gasteiger partial charge is 0.467 e. The van der Waals surface area contributed by atoms with Crippen LogP contribution in [0.15, 0.2) is 29.2 Å². The Balaban J connectivity index is 2.68. The predicted octanol–water partition coefficient (Wildman–Crippen LogP) is 0.883. The molecule has 0 aliphatic rings. The lowest BCUT2D eigenvalue weighted by Gasteiger charge is -2.20. The van der Waals surface area contributed by atoms with E-state index >= 15 is 0 Å². The van der Waals surface area contributed by atoms with Crippen LogP contribution in [0.5, 0.6) is 0 Å². The first-order chi connectivity index (χ1) is 13.3. The summed E-state index contributed by atoms with van der Waals surface area (Å²) in [5.74, 6) is -1.67. The molecule has 0 aromatic heterocycles. The maximum Gasteiger partial charge on any atom is 0.408 e. The Morgan fingerprint density at radius 1 is 1.10 bits per heavy atom. The van der Waals surface area contributed by atoms with Gasteiger partial charge >= 0.3 is 12.1 Å². The van der Waals surface area contributed by atoms with E-state index in [2.05, 4.69) is 15.4 Å². The van der Waals surface area contributed by atoms with E-state index in [1.807, 2.05) is 0 Å². The van der Waals surface area contributed by atoms with Crippen LogP contribution in [0.4, 0.5) is 4.79 Å². The molecule has 29 heavy (non-hydrogen) atoms. The molecule has 0 bridgehead atoms. The van der Waals surface area contributed by atoms with Crippen molar-refractivity contribution in [2.24, 2.45) is 0 Å². The van der Waals surface area contributed by atoms with Gasteiger partial charge in [-0.25, -0.2) is 9.59 Å². The van der Waals surface area contributed by atoms with Gasteiger partial charge in [-0.15, -0.1) is 0 Å². The van der Waals surface area contributed by atoms with Crippen LogP contribution in [-0.2, 0) is 33.4 Å². The highest BCUT2D eigenvalue weighted by atomic mass is 32.2. The van der Waals surface area contributed by atoms with E-state index in [9.17, 15) is 22.8 Å². The van der Waals surface area contributed by atoms with Crippen molar-refractivity contribution < 1.29 is 36.5 Å². The van der Waals surface area contributed by atoms with E-state index in [1.54, 1.807) is 39.8 Å². The summed E-state index contributed by atoms with van der Waals surface area (Å²) in [6.07, 6.45) is -0.819. The maximum atomic E-state index is 12.2. The second-order valence-electron chi connectivity index (χ2n) is 7.05. The zero-order valence-electron chi connectivity index (χ0n) is 17.0. The lowest BCUT2D eigenvalue weighted by Crippen LogP contribution is -2.48. The number of ether oxygens (including phenoxy) is 2. The van der Waals surface area contributed by atoms with Gasteiger partial charge in [0.1, 0.15) is 12.1 Å². The lowest BCUT2D eigenvalue weighted by molar-refractivity contribution is -0.145. The second kappa shape index (κ2) is 10.2. The van der Waals surface area contributed by atoms with Crippen molar-refractivity contribution in [2.75, 3.05) is 20.3 Å². The van der Waals surface area contributed by atoms with E-state index in [4.69, 9.17) is 8.92 Å². The number of hydrogen-bond donors (Lipinski definition) is 2. The SMILES string of the molecule is COC(=O)C(COS(=O)(=O)c1ccc(C)cc1)NC(=O)CNC(=O)OC(C)(C)C. The summed E-state index contributed by atoms with van der Waals surface area (Å²) in [7, 11) is -3.07. The van der Waals surface area contributed by atoms with Crippen molar-refractivity contribution in [3.05, 3.63) is 29.8 Å². The number of hydrogen-bond acceptors (Lipinski definition) is 8. The van der Waals surface area contributed by atoms with Gasteiger partial charge in [-0.05, 0) is 39.8 Å². The summed E-state index contributed by atoms with van der Waals surface area (Å²) in [4.78, 5) is 35.3. The molecule has 2 N–H and O–H groups in total. The molecule has 1 rings (SSSR count). The number of nitrogens with one attached hydrogen (secondary N) is 2. The number of methoxy groups -OCH3 is 1. The van der Waals surface area contributed by atoms with Gasteiger partial charge in [0.15, 0.2) is 6.04 Å². The van der Waals surface area contributed by atoms with Gasteiger partial charge in [0, 0.05) is 0 Å². The number of carbonyl (C=O) groups is 3. The van der Waals surface area contributed by atoms with E-state index < -0.39 is 52.9 Å². The molecule has 162 valence electrons. The van der Waals surface area contributed by atoms with Gasteiger partial charge in [-0.2, -0.15) is 8.42 Å². The third-order valence-corrected chi connectivity index (χ3v) is 4.61. The molecular weight excluding hydrogens is 404 g/mol. The van der Waals surface area contributed by atoms with Crippen LogP contribution in [0.25, 0.3) is 0 Å². The zero-order valence-corrected chi connectivity index (χ0v) is 17.8. The molecule has 0 spiro atoms. The number of rotatable bonds is 8. The van der Waals surface area contributed by atoms with E-state index in [0.717, 1.165) is 12.7 Å². The minimum atomic E-state index is -4.14. The molecule has 0 heterocycles. The molecule has 1 aromatic rings. The average molecular weight is 430 g/mol. The highest BCUT2D eigenvalue weighted by Crippen LogP contribution is 2.13. The summed E-state index contributed by atoms with van der Waals surface area (Å²) in [5, 5.41) is 4.47. The van der Waals surface area contributed by atoms with Crippen molar-refractivity contribution in [3.8, 4) is 0 Å². The molecule has 0 aliphatic heterocycles. The molecule has 1 atom stereocenters. The fourth-order valence-electron chi connectivity index (χ4n) is 1.95. The molecule has 1 unspecified atom stereocenters. The van der Waals surface area contributed by atoms with Crippen molar-refractivity contribution in [1.82, 2.24) is 10.6 Å². The summed E-state index contributed by atoms with van der Waals surface area (Å²) < 4.78 is 38.9. The van der Waals surface area contributed by atoms with Crippen LogP contribution >= 0.6 is 0 Å². The smallest absolute Gasteiger partial charge is 0.408 e. The molecule has 0 saturated carbocycles. The highest BCUT2D eigenvalue weighted by molar-refractivity contribution is 7.86. The Bertz CT molecular complexity index is 828. The van der Waals surface area contributed by atoms with Crippen LogP contribution in [0, 0.1) is 6.92 Å². The fraction of sp³-hybridized carbons (Fsp3) is 0.500. The third kappa shape index (κ3) is 8.92. The van der Waals surface area contributed by atoms with Crippen LogP contribution in [0.2, 0.25) is 0 Å². The standard InChI is InChI=1S/C18H26N2O8S/c1-12-6-8-13(9-7-12)29(24,25)27-11-14(16(22)26-5)20-15(21)10-19-17(23)28-18(2,3)4/h6-9,14H,10-11H2,1-5H3,(H,19,23)(H,20,21). The molecule has 0 aliphatic carbocycles. The normalized spacial score (nSPS) is 12.6. The topological polar surface area (TPSA) is 137 Å². The second-order valence-corrected chi connectivity index (χ2v) is 8.67. The third-order valence-electron chi connectivity index (χ3n) is 3.31. The predicted molar refractivity (Wildman–Crippen MR) is 103 cm³/mol. The van der Waals surface area contributed by atoms with E-state index in [1.165, 1.54) is 12.1 Å².